The average Bonchev–Trinajstić information content (AvgIpc) is 2.94. The molecule has 39 heavy (non-hydrogen) atoms. The van der Waals surface area contributed by atoms with Gasteiger partial charge in [-0.2, -0.15) is 0 Å². The Balaban J connectivity index is 3.40. The molecule has 0 spiro atoms. The Morgan fingerprint density at radius 1 is 0.590 bits per heavy atom. The smallest absolute Gasteiger partial charge is 0.220 e. The number of nitrogens with one attached hydrogen (secondary N) is 1. The molecule has 1 amide bonds. The standard InChI is InChI=1S/C35H69NO3/c1-3-5-7-9-10-11-12-13-14-15-16-17-18-19-20-21-22-23-24-25-27-29-31-35(39)36-33(32-37)34(38)30-28-26-8-6-4-2/h28,30,33-34,37-38H,3-27,29,31-32H2,1-2H3,(H,36,39)/b30-28+. The van der Waals surface area contributed by atoms with Crippen LogP contribution >= 0.6 is 0 Å². The summed E-state index contributed by atoms with van der Waals surface area (Å²) >= 11 is 0. The van der Waals surface area contributed by atoms with E-state index in [9.17, 15) is 15.0 Å². The van der Waals surface area contributed by atoms with E-state index in [-0.39, 0.29) is 12.5 Å². The van der Waals surface area contributed by atoms with Gasteiger partial charge in [0.25, 0.3) is 0 Å². The third-order valence-corrected chi connectivity index (χ3v) is 8.02. The molecule has 232 valence electrons. The fourth-order valence-corrected chi connectivity index (χ4v) is 5.29. The van der Waals surface area contributed by atoms with Crippen LogP contribution in [0.5, 0.6) is 0 Å². The second kappa shape index (κ2) is 31.7. The van der Waals surface area contributed by atoms with Crippen molar-refractivity contribution >= 4 is 5.91 Å². The molecule has 2 unspecified atom stereocenters. The molecule has 0 aliphatic rings. The highest BCUT2D eigenvalue weighted by Crippen LogP contribution is 2.15. The topological polar surface area (TPSA) is 69.6 Å². The van der Waals surface area contributed by atoms with E-state index in [0.29, 0.717) is 6.42 Å². The maximum atomic E-state index is 12.2. The summed E-state index contributed by atoms with van der Waals surface area (Å²) in [4.78, 5) is 12.2. The zero-order valence-corrected chi connectivity index (χ0v) is 26.4. The molecule has 0 saturated carbocycles. The largest absolute Gasteiger partial charge is 0.394 e. The van der Waals surface area contributed by atoms with Gasteiger partial charge in [0.1, 0.15) is 0 Å². The number of rotatable bonds is 31. The van der Waals surface area contributed by atoms with Crippen molar-refractivity contribution in [3.8, 4) is 0 Å². The number of aliphatic hydroxyl groups excluding tert-OH is 2. The lowest BCUT2D eigenvalue weighted by atomic mass is 10.0. The Kier molecular flexibility index (Phi) is 30.9. The first-order valence-corrected chi connectivity index (χ1v) is 17.4. The highest BCUT2D eigenvalue weighted by atomic mass is 16.3. The van der Waals surface area contributed by atoms with Crippen LogP contribution in [0.25, 0.3) is 0 Å². The maximum Gasteiger partial charge on any atom is 0.220 e. The van der Waals surface area contributed by atoms with E-state index in [0.717, 1.165) is 25.7 Å². The van der Waals surface area contributed by atoms with Gasteiger partial charge < -0.3 is 15.5 Å². The molecule has 0 aromatic heterocycles. The van der Waals surface area contributed by atoms with Crippen LogP contribution in [-0.4, -0.2) is 34.9 Å². The minimum atomic E-state index is -0.829. The molecule has 0 bridgehead atoms. The van der Waals surface area contributed by atoms with E-state index in [1.807, 2.05) is 6.08 Å². The van der Waals surface area contributed by atoms with E-state index in [1.54, 1.807) is 6.08 Å². The SMILES string of the molecule is CCCCC/C=C/C(O)C(CO)NC(=O)CCCCCCCCCCCCCCCCCCCCCCCC. The van der Waals surface area contributed by atoms with Crippen LogP contribution in [0.3, 0.4) is 0 Å². The molecule has 4 nitrogen and oxygen atoms in total. The Bertz CT molecular complexity index is 522. The van der Waals surface area contributed by atoms with Gasteiger partial charge in [0.2, 0.25) is 5.91 Å². The molecule has 3 N–H and O–H groups in total. The van der Waals surface area contributed by atoms with Crippen LogP contribution in [0.1, 0.15) is 187 Å². The van der Waals surface area contributed by atoms with E-state index in [4.69, 9.17) is 0 Å². The molecule has 0 saturated heterocycles. The number of hydrogen-bond acceptors (Lipinski definition) is 3. The summed E-state index contributed by atoms with van der Waals surface area (Å²) in [7, 11) is 0. The van der Waals surface area contributed by atoms with Crippen molar-refractivity contribution in [2.75, 3.05) is 6.61 Å². The monoisotopic (exact) mass is 552 g/mol. The molecule has 0 fully saturated rings. The van der Waals surface area contributed by atoms with Crippen LogP contribution in [0.15, 0.2) is 12.2 Å². The molecule has 0 aromatic rings. The van der Waals surface area contributed by atoms with Gasteiger partial charge in [-0.05, 0) is 19.3 Å². The first kappa shape index (κ1) is 38.1. The summed E-state index contributed by atoms with van der Waals surface area (Å²) in [5.41, 5.74) is 0. The molecule has 0 radical (unpaired) electrons. The van der Waals surface area contributed by atoms with Crippen LogP contribution in [-0.2, 0) is 4.79 Å². The zero-order valence-electron chi connectivity index (χ0n) is 26.4. The summed E-state index contributed by atoms with van der Waals surface area (Å²) < 4.78 is 0. The second-order valence-electron chi connectivity index (χ2n) is 11.9. The Labute approximate surface area is 244 Å². The lowest BCUT2D eigenvalue weighted by Gasteiger charge is -2.20. The zero-order chi connectivity index (χ0) is 28.7. The molecule has 0 rings (SSSR count). The molecule has 0 aliphatic carbocycles. The Hall–Kier alpha value is -0.870. The number of unbranched alkanes of at least 4 members (excludes halogenated alkanes) is 24. The molecular formula is C35H69NO3. The van der Waals surface area contributed by atoms with Crippen molar-refractivity contribution < 1.29 is 15.0 Å². The predicted octanol–water partition coefficient (Wildman–Crippen LogP) is 9.95. The summed E-state index contributed by atoms with van der Waals surface area (Å²) in [6.45, 7) is 4.21. The van der Waals surface area contributed by atoms with Gasteiger partial charge >= 0.3 is 0 Å². The van der Waals surface area contributed by atoms with E-state index < -0.39 is 12.1 Å². The first-order chi connectivity index (χ1) is 19.2. The van der Waals surface area contributed by atoms with Crippen LogP contribution in [0.4, 0.5) is 0 Å². The molecule has 0 heterocycles. The minimum Gasteiger partial charge on any atom is -0.394 e. The van der Waals surface area contributed by atoms with Crippen molar-refractivity contribution in [2.45, 2.75) is 199 Å². The third-order valence-electron chi connectivity index (χ3n) is 8.02. The summed E-state index contributed by atoms with van der Waals surface area (Å²) in [5, 5.41) is 22.5. The van der Waals surface area contributed by atoms with Crippen LogP contribution in [0, 0.1) is 0 Å². The van der Waals surface area contributed by atoms with Crippen LogP contribution < -0.4 is 5.32 Å². The molecule has 0 aromatic carbocycles. The summed E-state index contributed by atoms with van der Waals surface area (Å²) in [6.07, 6.45) is 37.6. The average molecular weight is 552 g/mol. The van der Waals surface area contributed by atoms with Crippen molar-refractivity contribution in [1.82, 2.24) is 5.32 Å². The van der Waals surface area contributed by atoms with E-state index in [2.05, 4.69) is 19.2 Å². The lowest BCUT2D eigenvalue weighted by molar-refractivity contribution is -0.123. The van der Waals surface area contributed by atoms with Gasteiger partial charge in [0, 0.05) is 6.42 Å². The number of allylic oxidation sites excluding steroid dienone is 1. The lowest BCUT2D eigenvalue weighted by Crippen LogP contribution is -2.45. The van der Waals surface area contributed by atoms with Gasteiger partial charge in [-0.15, -0.1) is 0 Å². The molecule has 0 aliphatic heterocycles. The number of amides is 1. The fraction of sp³-hybridized carbons (Fsp3) is 0.914. The number of carbonyl (C=O) groups is 1. The third kappa shape index (κ3) is 28.5. The summed E-state index contributed by atoms with van der Waals surface area (Å²) in [6, 6.07) is -0.611. The molecule has 4 heteroatoms. The van der Waals surface area contributed by atoms with Crippen molar-refractivity contribution in [1.29, 1.82) is 0 Å². The maximum absolute atomic E-state index is 12.2. The molecule has 2 atom stereocenters. The predicted molar refractivity (Wildman–Crippen MR) is 170 cm³/mol. The first-order valence-electron chi connectivity index (χ1n) is 17.4. The Morgan fingerprint density at radius 3 is 1.33 bits per heavy atom. The fourth-order valence-electron chi connectivity index (χ4n) is 5.29. The van der Waals surface area contributed by atoms with Crippen molar-refractivity contribution in [3.05, 3.63) is 12.2 Å². The Morgan fingerprint density at radius 2 is 0.949 bits per heavy atom. The quantitative estimate of drug-likeness (QED) is 0.0593. The van der Waals surface area contributed by atoms with Gasteiger partial charge in [0.05, 0.1) is 18.8 Å². The number of aliphatic hydroxyl groups is 2. The summed E-state index contributed by atoms with van der Waals surface area (Å²) in [5.74, 6) is -0.0688. The van der Waals surface area contributed by atoms with Crippen LogP contribution in [0.2, 0.25) is 0 Å². The van der Waals surface area contributed by atoms with E-state index >= 15 is 0 Å². The minimum absolute atomic E-state index is 0.0688. The number of hydrogen-bond donors (Lipinski definition) is 3. The van der Waals surface area contributed by atoms with E-state index in [1.165, 1.54) is 141 Å². The highest BCUT2D eigenvalue weighted by molar-refractivity contribution is 5.76. The van der Waals surface area contributed by atoms with Gasteiger partial charge in [0.15, 0.2) is 0 Å². The van der Waals surface area contributed by atoms with Gasteiger partial charge in [-0.25, -0.2) is 0 Å². The second-order valence-corrected chi connectivity index (χ2v) is 11.9. The van der Waals surface area contributed by atoms with Gasteiger partial charge in [-0.3, -0.25) is 4.79 Å². The normalized spacial score (nSPS) is 13.2. The number of carbonyl (C=O) groups excluding carboxylic acids is 1. The van der Waals surface area contributed by atoms with Crippen molar-refractivity contribution in [2.24, 2.45) is 0 Å². The molecular weight excluding hydrogens is 482 g/mol. The highest BCUT2D eigenvalue weighted by Gasteiger charge is 2.17. The van der Waals surface area contributed by atoms with Gasteiger partial charge in [-0.1, -0.05) is 174 Å². The van der Waals surface area contributed by atoms with Crippen molar-refractivity contribution in [3.63, 3.8) is 0 Å².